The van der Waals surface area contributed by atoms with Gasteiger partial charge in [-0.05, 0) is 29.6 Å². The van der Waals surface area contributed by atoms with E-state index in [2.05, 4.69) is 0 Å². The Labute approximate surface area is 162 Å². The summed E-state index contributed by atoms with van der Waals surface area (Å²) in [4.78, 5) is 27.9. The molecule has 1 aliphatic rings. The Morgan fingerprint density at radius 3 is 2.57 bits per heavy atom. The summed E-state index contributed by atoms with van der Waals surface area (Å²) in [6, 6.07) is 7.27. The van der Waals surface area contributed by atoms with Crippen molar-refractivity contribution in [1.29, 1.82) is 5.26 Å². The first-order chi connectivity index (χ1) is 13.2. The Morgan fingerprint density at radius 2 is 2.00 bits per heavy atom. The van der Waals surface area contributed by atoms with Crippen LogP contribution in [0.2, 0.25) is 0 Å². The van der Waals surface area contributed by atoms with Gasteiger partial charge in [0.15, 0.2) is 0 Å². The van der Waals surface area contributed by atoms with Gasteiger partial charge < -0.3 is 15.5 Å². The van der Waals surface area contributed by atoms with E-state index in [9.17, 15) is 22.8 Å². The lowest BCUT2D eigenvalue weighted by molar-refractivity contribution is -0.137. The molecule has 1 atom stereocenters. The largest absolute Gasteiger partial charge is 0.417 e. The minimum absolute atomic E-state index is 0.0321. The Bertz CT molecular complexity index is 937. The van der Waals surface area contributed by atoms with Gasteiger partial charge in [0.25, 0.3) is 5.91 Å². The molecule has 1 saturated heterocycles. The van der Waals surface area contributed by atoms with E-state index in [-0.39, 0.29) is 31.2 Å². The van der Waals surface area contributed by atoms with E-state index < -0.39 is 29.3 Å². The molecule has 0 saturated carbocycles. The number of nitrogens with zero attached hydrogens (tertiary/aromatic N) is 3. The molecule has 0 aliphatic carbocycles. The van der Waals surface area contributed by atoms with Gasteiger partial charge in [-0.25, -0.2) is 0 Å². The average molecular weight is 408 g/mol. The first-order valence-electron chi connectivity index (χ1n) is 8.22. The first kappa shape index (κ1) is 19.7. The lowest BCUT2D eigenvalue weighted by Gasteiger charge is -2.41. The van der Waals surface area contributed by atoms with Crippen LogP contribution in [-0.2, 0) is 11.0 Å². The summed E-state index contributed by atoms with van der Waals surface area (Å²) in [6.45, 7) is 0.325. The maximum atomic E-state index is 13.2. The Hall–Kier alpha value is -3.06. The lowest BCUT2D eigenvalue weighted by Crippen LogP contribution is -2.60. The third-order valence-electron chi connectivity index (χ3n) is 4.50. The summed E-state index contributed by atoms with van der Waals surface area (Å²) in [5.41, 5.74) is 4.14. The molecule has 0 bridgehead atoms. The number of piperazine rings is 1. The third-order valence-corrected chi connectivity index (χ3v) is 5.35. The number of benzene rings is 1. The smallest absolute Gasteiger partial charge is 0.368 e. The topological polar surface area (TPSA) is 90.4 Å². The van der Waals surface area contributed by atoms with Gasteiger partial charge in [-0.2, -0.15) is 18.4 Å². The van der Waals surface area contributed by atoms with Crippen molar-refractivity contribution >= 4 is 28.8 Å². The molecule has 146 valence electrons. The molecule has 1 aliphatic heterocycles. The number of thiophene rings is 1. The molecule has 1 aromatic heterocycles. The number of primary amides is 1. The highest BCUT2D eigenvalue weighted by atomic mass is 32.1. The number of alkyl halides is 3. The van der Waals surface area contributed by atoms with Crippen molar-refractivity contribution in [3.05, 3.63) is 51.7 Å². The number of nitrogens with two attached hydrogens (primary N) is 1. The van der Waals surface area contributed by atoms with Crippen LogP contribution < -0.4 is 10.6 Å². The molecule has 2 aromatic rings. The van der Waals surface area contributed by atoms with Crippen LogP contribution in [0.4, 0.5) is 18.9 Å². The lowest BCUT2D eigenvalue weighted by atomic mass is 10.0. The summed E-state index contributed by atoms with van der Waals surface area (Å²) >= 11 is 1.23. The molecule has 2 amide bonds. The highest BCUT2D eigenvalue weighted by Crippen LogP contribution is 2.35. The molecule has 0 radical (unpaired) electrons. The van der Waals surface area contributed by atoms with Crippen molar-refractivity contribution in [2.75, 3.05) is 24.5 Å². The van der Waals surface area contributed by atoms with E-state index in [0.29, 0.717) is 4.88 Å². The van der Waals surface area contributed by atoms with Crippen molar-refractivity contribution in [2.24, 2.45) is 5.73 Å². The number of carbonyl (C=O) groups excluding carboxylic acids is 2. The van der Waals surface area contributed by atoms with Crippen LogP contribution >= 0.6 is 11.3 Å². The van der Waals surface area contributed by atoms with E-state index in [4.69, 9.17) is 11.0 Å². The molecule has 3 rings (SSSR count). The van der Waals surface area contributed by atoms with Crippen LogP contribution in [0.1, 0.15) is 20.8 Å². The van der Waals surface area contributed by atoms with Crippen molar-refractivity contribution in [3.8, 4) is 6.07 Å². The van der Waals surface area contributed by atoms with Crippen molar-refractivity contribution in [1.82, 2.24) is 4.90 Å². The van der Waals surface area contributed by atoms with E-state index in [1.807, 2.05) is 0 Å². The van der Waals surface area contributed by atoms with Gasteiger partial charge in [-0.3, -0.25) is 9.59 Å². The molecular formula is C18H15F3N4O2S. The molecule has 10 heteroatoms. The number of anilines is 1. The molecule has 28 heavy (non-hydrogen) atoms. The number of amides is 2. The number of hydrogen-bond acceptors (Lipinski definition) is 5. The fourth-order valence-corrected chi connectivity index (χ4v) is 3.79. The summed E-state index contributed by atoms with van der Waals surface area (Å²) in [6.07, 6.45) is -4.68. The SMILES string of the molecule is N#Cc1ccc(N2CCN(C(=O)c3cccs3)C(C(N)=O)C2)cc1C(F)(F)F. The predicted molar refractivity (Wildman–Crippen MR) is 96.7 cm³/mol. The summed E-state index contributed by atoms with van der Waals surface area (Å²) in [5, 5.41) is 10.7. The molecular weight excluding hydrogens is 393 g/mol. The van der Waals surface area contributed by atoms with Gasteiger partial charge in [0.1, 0.15) is 6.04 Å². The quantitative estimate of drug-likeness (QED) is 0.845. The van der Waals surface area contributed by atoms with Gasteiger partial charge in [-0.15, -0.1) is 11.3 Å². The molecule has 1 fully saturated rings. The second kappa shape index (κ2) is 7.52. The number of halogens is 3. The Kier molecular flexibility index (Phi) is 5.29. The van der Waals surface area contributed by atoms with Gasteiger partial charge >= 0.3 is 6.18 Å². The number of hydrogen-bond donors (Lipinski definition) is 1. The van der Waals surface area contributed by atoms with E-state index in [1.54, 1.807) is 22.4 Å². The van der Waals surface area contributed by atoms with E-state index >= 15 is 0 Å². The molecule has 6 nitrogen and oxygen atoms in total. The number of nitriles is 1. The number of rotatable bonds is 3. The second-order valence-corrected chi connectivity index (χ2v) is 7.13. The molecule has 2 heterocycles. The second-order valence-electron chi connectivity index (χ2n) is 6.18. The summed E-state index contributed by atoms with van der Waals surface area (Å²) in [7, 11) is 0. The van der Waals surface area contributed by atoms with Crippen LogP contribution in [0.25, 0.3) is 0 Å². The van der Waals surface area contributed by atoms with Crippen LogP contribution in [0.15, 0.2) is 35.7 Å². The predicted octanol–water partition coefficient (Wildman–Crippen LogP) is 2.45. The fourth-order valence-electron chi connectivity index (χ4n) is 3.11. The normalized spacial score (nSPS) is 17.3. The van der Waals surface area contributed by atoms with Crippen molar-refractivity contribution in [3.63, 3.8) is 0 Å². The standard InChI is InChI=1S/C18H15F3N4O2S/c19-18(20,21)13-8-12(4-3-11(13)9-22)24-5-6-25(14(10-24)16(23)26)17(27)15-2-1-7-28-15/h1-4,7-8,14H,5-6,10H2,(H2,23,26). The first-order valence-corrected chi connectivity index (χ1v) is 9.10. The van der Waals surface area contributed by atoms with Gasteiger partial charge in [0.2, 0.25) is 5.91 Å². The molecule has 0 spiro atoms. The fraction of sp³-hybridized carbons (Fsp3) is 0.278. The zero-order chi connectivity index (χ0) is 20.5. The van der Waals surface area contributed by atoms with Crippen LogP contribution in [0.5, 0.6) is 0 Å². The average Bonchev–Trinajstić information content (AvgIpc) is 3.20. The minimum Gasteiger partial charge on any atom is -0.368 e. The van der Waals surface area contributed by atoms with E-state index in [1.165, 1.54) is 28.4 Å². The summed E-state index contributed by atoms with van der Waals surface area (Å²) < 4.78 is 39.7. The van der Waals surface area contributed by atoms with Gasteiger partial charge in [0.05, 0.1) is 22.1 Å². The number of carbonyl (C=O) groups is 2. The van der Waals surface area contributed by atoms with Crippen LogP contribution in [0, 0.1) is 11.3 Å². The Balaban J connectivity index is 1.88. The zero-order valence-electron chi connectivity index (χ0n) is 14.4. The molecule has 1 unspecified atom stereocenters. The minimum atomic E-state index is -4.68. The van der Waals surface area contributed by atoms with E-state index in [0.717, 1.165) is 12.1 Å². The van der Waals surface area contributed by atoms with Gasteiger partial charge in [-0.1, -0.05) is 6.07 Å². The Morgan fingerprint density at radius 1 is 1.25 bits per heavy atom. The van der Waals surface area contributed by atoms with Crippen LogP contribution in [0.3, 0.4) is 0 Å². The highest BCUT2D eigenvalue weighted by molar-refractivity contribution is 7.12. The van der Waals surface area contributed by atoms with Crippen molar-refractivity contribution < 1.29 is 22.8 Å². The maximum Gasteiger partial charge on any atom is 0.417 e. The monoisotopic (exact) mass is 408 g/mol. The highest BCUT2D eigenvalue weighted by Gasteiger charge is 2.37. The van der Waals surface area contributed by atoms with Crippen molar-refractivity contribution in [2.45, 2.75) is 12.2 Å². The summed E-state index contributed by atoms with van der Waals surface area (Å²) in [5.74, 6) is -1.08. The maximum absolute atomic E-state index is 13.2. The zero-order valence-corrected chi connectivity index (χ0v) is 15.3. The third kappa shape index (κ3) is 3.80. The molecule has 2 N–H and O–H groups in total. The molecule has 1 aromatic carbocycles. The van der Waals surface area contributed by atoms with Gasteiger partial charge in [0, 0.05) is 25.3 Å². The van der Waals surface area contributed by atoms with Crippen LogP contribution in [-0.4, -0.2) is 42.4 Å².